The van der Waals surface area contributed by atoms with Gasteiger partial charge in [0.2, 0.25) is 0 Å². The Bertz CT molecular complexity index is 761. The van der Waals surface area contributed by atoms with Crippen molar-refractivity contribution in [3.05, 3.63) is 45.9 Å². The Balaban J connectivity index is 1.24. The molecular weight excluding hydrogens is 392 g/mol. The SMILES string of the molecule is CN=C(NCCCCN1CCN(c2ccccc2)CC1)NCCc1nc(C)c(C)s1. The monoisotopic (exact) mass is 428 g/mol. The van der Waals surface area contributed by atoms with E-state index in [9.17, 15) is 0 Å². The maximum atomic E-state index is 4.60. The smallest absolute Gasteiger partial charge is 0.190 e. The van der Waals surface area contributed by atoms with Crippen molar-refractivity contribution in [2.24, 2.45) is 4.99 Å². The molecule has 0 radical (unpaired) electrons. The van der Waals surface area contributed by atoms with Crippen LogP contribution in [0.3, 0.4) is 0 Å². The first kappa shape index (κ1) is 22.6. The summed E-state index contributed by atoms with van der Waals surface area (Å²) in [6.45, 7) is 11.8. The highest BCUT2D eigenvalue weighted by Gasteiger charge is 2.16. The van der Waals surface area contributed by atoms with E-state index in [2.05, 4.69) is 74.6 Å². The van der Waals surface area contributed by atoms with Gasteiger partial charge in [0.05, 0.1) is 10.7 Å². The Hall–Kier alpha value is -2.12. The summed E-state index contributed by atoms with van der Waals surface area (Å²) in [6.07, 6.45) is 3.31. The maximum absolute atomic E-state index is 4.60. The first-order valence-corrected chi connectivity index (χ1v) is 11.9. The lowest BCUT2D eigenvalue weighted by Gasteiger charge is -2.36. The molecule has 2 aromatic rings. The van der Waals surface area contributed by atoms with Crippen LogP contribution in [0.5, 0.6) is 0 Å². The van der Waals surface area contributed by atoms with Crippen LogP contribution in [0.4, 0.5) is 5.69 Å². The Morgan fingerprint density at radius 1 is 1.03 bits per heavy atom. The number of anilines is 1. The molecule has 0 spiro atoms. The van der Waals surface area contributed by atoms with E-state index in [4.69, 9.17) is 0 Å². The summed E-state index contributed by atoms with van der Waals surface area (Å²) in [5, 5.41) is 8.03. The molecule has 2 heterocycles. The van der Waals surface area contributed by atoms with E-state index in [1.54, 1.807) is 11.3 Å². The topological polar surface area (TPSA) is 55.8 Å². The molecule has 3 rings (SSSR count). The summed E-state index contributed by atoms with van der Waals surface area (Å²) < 4.78 is 0. The van der Waals surface area contributed by atoms with Crippen molar-refractivity contribution < 1.29 is 0 Å². The Morgan fingerprint density at radius 3 is 2.43 bits per heavy atom. The molecule has 164 valence electrons. The average Bonchev–Trinajstić information content (AvgIpc) is 3.10. The fourth-order valence-electron chi connectivity index (χ4n) is 3.69. The van der Waals surface area contributed by atoms with Crippen molar-refractivity contribution in [2.45, 2.75) is 33.1 Å². The van der Waals surface area contributed by atoms with Gasteiger partial charge in [-0.15, -0.1) is 11.3 Å². The standard InChI is InChI=1S/C23H36N6S/c1-19-20(2)30-22(27-19)11-13-26-23(24-3)25-12-7-8-14-28-15-17-29(18-16-28)21-9-5-4-6-10-21/h4-6,9-10H,7-8,11-18H2,1-3H3,(H2,24,25,26). The average molecular weight is 429 g/mol. The second-order valence-corrected chi connectivity index (χ2v) is 9.08. The lowest BCUT2D eigenvalue weighted by atomic mass is 10.2. The van der Waals surface area contributed by atoms with Gasteiger partial charge in [0.25, 0.3) is 0 Å². The van der Waals surface area contributed by atoms with E-state index in [0.717, 1.165) is 63.8 Å². The Labute approximate surface area is 185 Å². The van der Waals surface area contributed by atoms with Crippen molar-refractivity contribution >= 4 is 23.0 Å². The Morgan fingerprint density at radius 2 is 1.77 bits per heavy atom. The van der Waals surface area contributed by atoms with Gasteiger partial charge in [0.15, 0.2) is 5.96 Å². The normalized spacial score (nSPS) is 15.4. The number of benzene rings is 1. The fourth-order valence-corrected chi connectivity index (χ4v) is 4.62. The molecule has 0 amide bonds. The number of guanidine groups is 1. The number of hydrogen-bond acceptors (Lipinski definition) is 5. The number of aliphatic imine (C=N–C) groups is 1. The third-order valence-corrected chi connectivity index (χ3v) is 6.75. The molecule has 0 bridgehead atoms. The van der Waals surface area contributed by atoms with Crippen LogP contribution in [0.2, 0.25) is 0 Å². The molecule has 0 atom stereocenters. The van der Waals surface area contributed by atoms with Crippen molar-refractivity contribution in [2.75, 3.05) is 57.8 Å². The number of rotatable bonds is 9. The number of hydrogen-bond donors (Lipinski definition) is 2. The molecule has 1 aromatic carbocycles. The molecule has 1 saturated heterocycles. The lowest BCUT2D eigenvalue weighted by Crippen LogP contribution is -2.46. The maximum Gasteiger partial charge on any atom is 0.190 e. The van der Waals surface area contributed by atoms with Crippen molar-refractivity contribution in [3.63, 3.8) is 0 Å². The molecule has 1 fully saturated rings. The summed E-state index contributed by atoms with van der Waals surface area (Å²) in [5.74, 6) is 0.886. The van der Waals surface area contributed by atoms with Crippen LogP contribution in [0.25, 0.3) is 0 Å². The van der Waals surface area contributed by atoms with Crippen LogP contribution in [0, 0.1) is 13.8 Å². The number of aromatic nitrogens is 1. The largest absolute Gasteiger partial charge is 0.369 e. The van der Waals surface area contributed by atoms with E-state index in [1.807, 2.05) is 7.05 Å². The molecule has 30 heavy (non-hydrogen) atoms. The summed E-state index contributed by atoms with van der Waals surface area (Å²) in [6, 6.07) is 10.7. The predicted molar refractivity (Wildman–Crippen MR) is 129 cm³/mol. The van der Waals surface area contributed by atoms with Crippen LogP contribution in [-0.2, 0) is 6.42 Å². The molecule has 6 nitrogen and oxygen atoms in total. The zero-order valence-corrected chi connectivity index (χ0v) is 19.5. The first-order valence-electron chi connectivity index (χ1n) is 11.1. The first-order chi connectivity index (χ1) is 14.7. The number of nitrogens with zero attached hydrogens (tertiary/aromatic N) is 4. The highest BCUT2D eigenvalue weighted by atomic mass is 32.1. The summed E-state index contributed by atoms with van der Waals surface area (Å²) in [7, 11) is 1.83. The quantitative estimate of drug-likeness (QED) is 0.365. The molecule has 0 aliphatic carbocycles. The second kappa shape index (κ2) is 11.9. The van der Waals surface area contributed by atoms with E-state index < -0.39 is 0 Å². The minimum Gasteiger partial charge on any atom is -0.369 e. The van der Waals surface area contributed by atoms with Crippen molar-refractivity contribution in [1.29, 1.82) is 0 Å². The number of unbranched alkanes of at least 4 members (excludes halogenated alkanes) is 1. The summed E-state index contributed by atoms with van der Waals surface area (Å²) in [4.78, 5) is 15.3. The van der Waals surface area contributed by atoms with Crippen molar-refractivity contribution in [1.82, 2.24) is 20.5 Å². The van der Waals surface area contributed by atoms with Gasteiger partial charge in [-0.1, -0.05) is 18.2 Å². The molecule has 7 heteroatoms. The van der Waals surface area contributed by atoms with Crippen LogP contribution < -0.4 is 15.5 Å². The third kappa shape index (κ3) is 6.99. The summed E-state index contributed by atoms with van der Waals surface area (Å²) in [5.41, 5.74) is 2.50. The minimum atomic E-state index is 0.859. The molecule has 0 saturated carbocycles. The number of thiazole rings is 1. The Kier molecular flexibility index (Phi) is 8.96. The fraction of sp³-hybridized carbons (Fsp3) is 0.565. The van der Waals surface area contributed by atoms with Gasteiger partial charge in [-0.2, -0.15) is 0 Å². The molecule has 2 N–H and O–H groups in total. The van der Waals surface area contributed by atoms with Gasteiger partial charge in [-0.3, -0.25) is 9.89 Å². The minimum absolute atomic E-state index is 0.859. The number of aryl methyl sites for hydroxylation is 2. The highest BCUT2D eigenvalue weighted by Crippen LogP contribution is 2.17. The van der Waals surface area contributed by atoms with Gasteiger partial charge in [-0.25, -0.2) is 4.98 Å². The second-order valence-electron chi connectivity index (χ2n) is 7.80. The zero-order valence-electron chi connectivity index (χ0n) is 18.7. The highest BCUT2D eigenvalue weighted by molar-refractivity contribution is 7.11. The van der Waals surface area contributed by atoms with E-state index >= 15 is 0 Å². The number of nitrogens with one attached hydrogen (secondary N) is 2. The summed E-state index contributed by atoms with van der Waals surface area (Å²) >= 11 is 1.79. The molecule has 0 unspecified atom stereocenters. The van der Waals surface area contributed by atoms with Crippen LogP contribution >= 0.6 is 11.3 Å². The van der Waals surface area contributed by atoms with Crippen LogP contribution in [0.15, 0.2) is 35.3 Å². The van der Waals surface area contributed by atoms with E-state index in [1.165, 1.54) is 28.5 Å². The number of para-hydroxylation sites is 1. The van der Waals surface area contributed by atoms with Crippen LogP contribution in [0.1, 0.15) is 28.4 Å². The van der Waals surface area contributed by atoms with Gasteiger partial charge < -0.3 is 15.5 Å². The molecule has 1 aliphatic rings. The molecular formula is C23H36N6S. The third-order valence-electron chi connectivity index (χ3n) is 5.61. The lowest BCUT2D eigenvalue weighted by molar-refractivity contribution is 0.253. The van der Waals surface area contributed by atoms with E-state index in [-0.39, 0.29) is 0 Å². The van der Waals surface area contributed by atoms with Gasteiger partial charge in [0, 0.05) is 63.3 Å². The number of piperazine rings is 1. The van der Waals surface area contributed by atoms with Crippen molar-refractivity contribution in [3.8, 4) is 0 Å². The van der Waals surface area contributed by atoms with Gasteiger partial charge in [0.1, 0.15) is 0 Å². The van der Waals surface area contributed by atoms with Gasteiger partial charge >= 0.3 is 0 Å². The molecule has 1 aliphatic heterocycles. The molecule has 1 aromatic heterocycles. The predicted octanol–water partition coefficient (Wildman–Crippen LogP) is 3.07. The zero-order chi connectivity index (χ0) is 21.2. The van der Waals surface area contributed by atoms with Crippen LogP contribution in [-0.4, -0.2) is 68.7 Å². The van der Waals surface area contributed by atoms with Gasteiger partial charge in [-0.05, 0) is 45.4 Å². The van der Waals surface area contributed by atoms with E-state index in [0.29, 0.717) is 0 Å².